The highest BCUT2D eigenvalue weighted by molar-refractivity contribution is 9.10. The number of benzene rings is 2. The smallest absolute Gasteiger partial charge is 0.232 e. The lowest BCUT2D eigenvalue weighted by atomic mass is 10.1. The van der Waals surface area contributed by atoms with Crippen molar-refractivity contribution in [2.24, 2.45) is 0 Å². The van der Waals surface area contributed by atoms with Gasteiger partial charge in [-0.1, -0.05) is 22.0 Å². The zero-order valence-corrected chi connectivity index (χ0v) is 17.3. The molecule has 0 bridgehead atoms. The first kappa shape index (κ1) is 21.4. The summed E-state index contributed by atoms with van der Waals surface area (Å²) in [6.07, 6.45) is -4.17. The summed E-state index contributed by atoms with van der Waals surface area (Å²) in [6.45, 7) is 1.77. The van der Waals surface area contributed by atoms with Crippen LogP contribution in [0.2, 0.25) is 0 Å². The quantitative estimate of drug-likeness (QED) is 0.463. The lowest BCUT2D eigenvalue weighted by Gasteiger charge is -2.11. The van der Waals surface area contributed by atoms with Crippen molar-refractivity contribution in [1.82, 2.24) is 9.78 Å². The molecule has 0 atom stereocenters. The van der Waals surface area contributed by atoms with Crippen LogP contribution in [0.4, 0.5) is 22.0 Å². The SMILES string of the molecule is Cc1ccc(-n2nc(C(F)(F)F)cc2-c2cc(F)c(S(C)(=O)=O)c(F)c2)cc1Br. The number of rotatable bonds is 3. The van der Waals surface area contributed by atoms with Gasteiger partial charge in [0.1, 0.15) is 16.5 Å². The van der Waals surface area contributed by atoms with Crippen LogP contribution < -0.4 is 0 Å². The fourth-order valence-corrected chi connectivity index (χ4v) is 3.89. The molecular formula is C18H12BrF5N2O2S. The van der Waals surface area contributed by atoms with E-state index in [0.717, 1.165) is 10.2 Å². The third kappa shape index (κ3) is 4.20. The molecule has 1 aromatic heterocycles. The Morgan fingerprint density at radius 2 is 1.62 bits per heavy atom. The van der Waals surface area contributed by atoms with Crippen LogP contribution in [0.25, 0.3) is 16.9 Å². The van der Waals surface area contributed by atoms with Crippen molar-refractivity contribution >= 4 is 25.8 Å². The molecule has 0 N–H and O–H groups in total. The van der Waals surface area contributed by atoms with Gasteiger partial charge in [-0.15, -0.1) is 0 Å². The van der Waals surface area contributed by atoms with Crippen LogP contribution in [0.1, 0.15) is 11.3 Å². The van der Waals surface area contributed by atoms with Gasteiger partial charge in [-0.25, -0.2) is 21.9 Å². The summed E-state index contributed by atoms with van der Waals surface area (Å²) in [6, 6.07) is 6.60. The molecule has 3 rings (SSSR count). The zero-order valence-electron chi connectivity index (χ0n) is 14.9. The van der Waals surface area contributed by atoms with Crippen molar-refractivity contribution in [2.45, 2.75) is 18.0 Å². The minimum absolute atomic E-state index is 0.209. The van der Waals surface area contributed by atoms with Crippen LogP contribution in [0.5, 0.6) is 0 Å². The van der Waals surface area contributed by atoms with E-state index in [4.69, 9.17) is 0 Å². The Kier molecular flexibility index (Phi) is 5.33. The molecule has 0 saturated heterocycles. The van der Waals surface area contributed by atoms with Crippen molar-refractivity contribution in [1.29, 1.82) is 0 Å². The van der Waals surface area contributed by atoms with Gasteiger partial charge < -0.3 is 0 Å². The highest BCUT2D eigenvalue weighted by atomic mass is 79.9. The van der Waals surface area contributed by atoms with Gasteiger partial charge in [-0.3, -0.25) is 0 Å². The Labute approximate surface area is 171 Å². The second-order valence-corrected chi connectivity index (χ2v) is 9.11. The summed E-state index contributed by atoms with van der Waals surface area (Å²) >= 11 is 3.28. The number of sulfone groups is 1. The maximum atomic E-state index is 14.3. The molecule has 0 amide bonds. The molecule has 4 nitrogen and oxygen atoms in total. The van der Waals surface area contributed by atoms with Crippen molar-refractivity contribution in [3.05, 3.63) is 63.8 Å². The number of hydrogen-bond donors (Lipinski definition) is 0. The maximum Gasteiger partial charge on any atom is 0.435 e. The standard InChI is InChI=1S/C18H12BrF5N2O2S/c1-9-3-4-11(7-12(9)19)26-15(8-16(25-26)18(22,23)24)10-5-13(20)17(14(21)6-10)29(2,27)28/h3-8H,1-2H3. The number of aryl methyl sites for hydroxylation is 1. The van der Waals surface area contributed by atoms with Gasteiger partial charge >= 0.3 is 6.18 Å². The van der Waals surface area contributed by atoms with Crippen LogP contribution >= 0.6 is 15.9 Å². The highest BCUT2D eigenvalue weighted by Crippen LogP contribution is 2.35. The molecule has 1 heterocycles. The molecule has 29 heavy (non-hydrogen) atoms. The molecule has 0 fully saturated rings. The number of hydrogen-bond acceptors (Lipinski definition) is 3. The maximum absolute atomic E-state index is 14.3. The Morgan fingerprint density at radius 1 is 1.03 bits per heavy atom. The van der Waals surface area contributed by atoms with E-state index in [0.29, 0.717) is 28.9 Å². The molecule has 3 aromatic rings. The van der Waals surface area contributed by atoms with Gasteiger partial charge in [0.2, 0.25) is 0 Å². The predicted molar refractivity (Wildman–Crippen MR) is 99.5 cm³/mol. The Morgan fingerprint density at radius 3 is 2.10 bits per heavy atom. The first-order chi connectivity index (χ1) is 13.3. The predicted octanol–water partition coefficient (Wildman–Crippen LogP) is 5.31. The van der Waals surface area contributed by atoms with Crippen LogP contribution in [-0.2, 0) is 16.0 Å². The Hall–Kier alpha value is -2.27. The third-order valence-electron chi connectivity index (χ3n) is 4.06. The molecule has 11 heteroatoms. The van der Waals surface area contributed by atoms with Crippen LogP contribution in [0.15, 0.2) is 45.8 Å². The fourth-order valence-electron chi connectivity index (χ4n) is 2.70. The molecule has 0 spiro atoms. The van der Waals surface area contributed by atoms with E-state index in [1.165, 1.54) is 12.1 Å². The second kappa shape index (κ2) is 7.21. The monoisotopic (exact) mass is 494 g/mol. The van der Waals surface area contributed by atoms with Gasteiger partial charge in [0.15, 0.2) is 15.5 Å². The number of halogens is 6. The van der Waals surface area contributed by atoms with Crippen molar-refractivity contribution in [3.8, 4) is 16.9 Å². The first-order valence-corrected chi connectivity index (χ1v) is 10.6. The molecule has 0 unspecified atom stereocenters. The van der Waals surface area contributed by atoms with E-state index in [2.05, 4.69) is 21.0 Å². The Bertz CT molecular complexity index is 1200. The molecule has 2 aromatic carbocycles. The molecule has 0 saturated carbocycles. The summed E-state index contributed by atoms with van der Waals surface area (Å²) in [5, 5.41) is 3.54. The fraction of sp³-hybridized carbons (Fsp3) is 0.167. The third-order valence-corrected chi connectivity index (χ3v) is 6.05. The topological polar surface area (TPSA) is 52.0 Å². The second-order valence-electron chi connectivity index (χ2n) is 6.30. The van der Waals surface area contributed by atoms with E-state index in [9.17, 15) is 30.4 Å². The largest absolute Gasteiger partial charge is 0.435 e. The molecule has 0 aliphatic heterocycles. The normalized spacial score (nSPS) is 12.4. The molecule has 154 valence electrons. The van der Waals surface area contributed by atoms with Gasteiger partial charge in [0, 0.05) is 16.3 Å². The van der Waals surface area contributed by atoms with Crippen LogP contribution in [0, 0.1) is 18.6 Å². The lowest BCUT2D eigenvalue weighted by Crippen LogP contribution is -2.08. The van der Waals surface area contributed by atoms with Gasteiger partial charge in [-0.05, 0) is 42.8 Å². The zero-order chi connectivity index (χ0) is 21.7. The summed E-state index contributed by atoms with van der Waals surface area (Å²) in [7, 11) is -4.21. The average molecular weight is 495 g/mol. The van der Waals surface area contributed by atoms with E-state index in [-0.39, 0.29) is 16.9 Å². The molecule has 0 radical (unpaired) electrons. The lowest BCUT2D eigenvalue weighted by molar-refractivity contribution is -0.141. The summed E-state index contributed by atoms with van der Waals surface area (Å²) in [4.78, 5) is -1.15. The van der Waals surface area contributed by atoms with Gasteiger partial charge in [0.05, 0.1) is 11.4 Å². The minimum atomic E-state index is -4.80. The van der Waals surface area contributed by atoms with Gasteiger partial charge in [-0.2, -0.15) is 18.3 Å². The summed E-state index contributed by atoms with van der Waals surface area (Å²) in [5.74, 6) is -2.82. The number of alkyl halides is 3. The van der Waals surface area contributed by atoms with Crippen molar-refractivity contribution in [3.63, 3.8) is 0 Å². The van der Waals surface area contributed by atoms with E-state index >= 15 is 0 Å². The van der Waals surface area contributed by atoms with Crippen LogP contribution in [-0.4, -0.2) is 24.5 Å². The van der Waals surface area contributed by atoms with Gasteiger partial charge in [0.25, 0.3) is 0 Å². The highest BCUT2D eigenvalue weighted by Gasteiger charge is 2.35. The number of nitrogens with zero attached hydrogens (tertiary/aromatic N) is 2. The van der Waals surface area contributed by atoms with E-state index in [1.54, 1.807) is 13.0 Å². The minimum Gasteiger partial charge on any atom is -0.232 e. The number of aromatic nitrogens is 2. The molecular weight excluding hydrogens is 483 g/mol. The van der Waals surface area contributed by atoms with E-state index in [1.807, 2.05) is 0 Å². The Balaban J connectivity index is 2.29. The molecule has 0 aliphatic rings. The summed E-state index contributed by atoms with van der Waals surface area (Å²) < 4.78 is 92.9. The van der Waals surface area contributed by atoms with E-state index < -0.39 is 38.2 Å². The van der Waals surface area contributed by atoms with Crippen molar-refractivity contribution < 1.29 is 30.4 Å². The van der Waals surface area contributed by atoms with Crippen LogP contribution in [0.3, 0.4) is 0 Å². The first-order valence-electron chi connectivity index (χ1n) is 7.92. The summed E-state index contributed by atoms with van der Waals surface area (Å²) in [5.41, 5.74) is -0.802. The van der Waals surface area contributed by atoms with Crippen molar-refractivity contribution in [2.75, 3.05) is 6.26 Å². The average Bonchev–Trinajstić information content (AvgIpc) is 3.01. The molecule has 0 aliphatic carbocycles.